The van der Waals surface area contributed by atoms with Gasteiger partial charge in [-0.15, -0.1) is 0 Å². The van der Waals surface area contributed by atoms with E-state index in [1.54, 1.807) is 42.5 Å². The van der Waals surface area contributed by atoms with Gasteiger partial charge in [-0.2, -0.15) is 0 Å². The predicted octanol–water partition coefficient (Wildman–Crippen LogP) is 2.72. The molecule has 0 saturated carbocycles. The molecule has 0 aromatic heterocycles. The normalized spacial score (nSPS) is 12.8. The molecule has 1 atom stereocenters. The zero-order valence-corrected chi connectivity index (χ0v) is 17.5. The molecular weight excluding hydrogens is 402 g/mol. The third-order valence-electron chi connectivity index (χ3n) is 4.55. The lowest BCUT2D eigenvalue weighted by atomic mass is 10.1. The molecule has 2 aromatic rings. The average molecular weight is 429 g/mol. The van der Waals surface area contributed by atoms with E-state index in [-0.39, 0.29) is 44.5 Å². The molecule has 31 heavy (non-hydrogen) atoms. The van der Waals surface area contributed by atoms with Crippen LogP contribution in [-0.4, -0.2) is 49.5 Å². The van der Waals surface area contributed by atoms with Crippen LogP contribution in [0.1, 0.15) is 36.5 Å². The van der Waals surface area contributed by atoms with E-state index in [0.717, 1.165) is 6.42 Å². The van der Waals surface area contributed by atoms with Gasteiger partial charge in [0.15, 0.2) is 17.3 Å². The molecule has 0 saturated heterocycles. The van der Waals surface area contributed by atoms with E-state index < -0.39 is 6.10 Å². The summed E-state index contributed by atoms with van der Waals surface area (Å²) < 4.78 is 21.5. The fourth-order valence-corrected chi connectivity index (χ4v) is 2.87. The number of hydrogen-bond donors (Lipinski definition) is 2. The van der Waals surface area contributed by atoms with Gasteiger partial charge in [-0.1, -0.05) is 6.92 Å². The minimum atomic E-state index is -0.888. The molecule has 0 spiro atoms. The molecule has 166 valence electrons. The molecule has 0 bridgehead atoms. The smallest absolute Gasteiger partial charge is 0.231 e. The van der Waals surface area contributed by atoms with Gasteiger partial charge in [0.1, 0.15) is 24.2 Å². The third kappa shape index (κ3) is 6.89. The summed E-state index contributed by atoms with van der Waals surface area (Å²) in [6.45, 7) is 2.86. The van der Waals surface area contributed by atoms with Crippen molar-refractivity contribution in [3.63, 3.8) is 0 Å². The molecule has 8 heteroatoms. The second-order valence-corrected chi connectivity index (χ2v) is 7.08. The van der Waals surface area contributed by atoms with Crippen molar-refractivity contribution in [1.82, 2.24) is 5.32 Å². The Morgan fingerprint density at radius 1 is 1.03 bits per heavy atom. The Balaban J connectivity index is 1.33. The van der Waals surface area contributed by atoms with Gasteiger partial charge in [0.05, 0.1) is 6.61 Å². The molecule has 1 heterocycles. The topological polar surface area (TPSA) is 103 Å². The Morgan fingerprint density at radius 3 is 2.55 bits per heavy atom. The molecule has 2 N–H and O–H groups in total. The van der Waals surface area contributed by atoms with E-state index in [4.69, 9.17) is 18.9 Å². The number of Topliss-reactive ketones (excluding diaryl/α,β-unsaturated/α-hetero) is 1. The molecule has 2 aromatic carbocycles. The van der Waals surface area contributed by atoms with Crippen LogP contribution in [0.5, 0.6) is 23.0 Å². The van der Waals surface area contributed by atoms with Crippen LogP contribution in [0.25, 0.3) is 0 Å². The van der Waals surface area contributed by atoms with Gasteiger partial charge in [0, 0.05) is 31.0 Å². The number of nitrogens with one attached hydrogen (secondary N) is 1. The number of ether oxygens (including phenoxy) is 4. The molecule has 0 fully saturated rings. The van der Waals surface area contributed by atoms with Crippen LogP contribution in [0.4, 0.5) is 0 Å². The highest BCUT2D eigenvalue weighted by Crippen LogP contribution is 2.35. The second kappa shape index (κ2) is 11.2. The van der Waals surface area contributed by atoms with Crippen LogP contribution in [0.2, 0.25) is 0 Å². The van der Waals surface area contributed by atoms with Crippen LogP contribution in [0.3, 0.4) is 0 Å². The number of fused-ring (bicyclic) bond motifs is 1. The monoisotopic (exact) mass is 429 g/mol. The summed E-state index contributed by atoms with van der Waals surface area (Å²) >= 11 is 0. The molecule has 0 radical (unpaired) electrons. The van der Waals surface area contributed by atoms with E-state index >= 15 is 0 Å². The van der Waals surface area contributed by atoms with Crippen molar-refractivity contribution in [2.45, 2.75) is 32.3 Å². The fourth-order valence-electron chi connectivity index (χ4n) is 2.87. The second-order valence-electron chi connectivity index (χ2n) is 7.08. The Labute approximate surface area is 181 Å². The fraction of sp³-hybridized carbons (Fsp3) is 0.391. The minimum Gasteiger partial charge on any atom is -0.494 e. The summed E-state index contributed by atoms with van der Waals surface area (Å²) in [4.78, 5) is 24.2. The first-order valence-electron chi connectivity index (χ1n) is 10.3. The zero-order chi connectivity index (χ0) is 22.1. The Hall–Kier alpha value is -3.26. The standard InChI is InChI=1S/C23H27NO7/c1-2-11-28-18-5-3-16(4-6-18)20(26)8-10-23(27)24-13-17(25)14-29-19-7-9-21-22(12-19)31-15-30-21/h3-7,9,12,17,25H,2,8,10-11,13-15H2,1H3,(H,24,27). The van der Waals surface area contributed by atoms with Crippen molar-refractivity contribution < 1.29 is 33.6 Å². The molecule has 1 unspecified atom stereocenters. The van der Waals surface area contributed by atoms with Crippen LogP contribution < -0.4 is 24.3 Å². The Kier molecular flexibility index (Phi) is 8.12. The quantitative estimate of drug-likeness (QED) is 0.500. The van der Waals surface area contributed by atoms with Crippen LogP contribution in [0, 0.1) is 0 Å². The van der Waals surface area contributed by atoms with E-state index in [9.17, 15) is 14.7 Å². The van der Waals surface area contributed by atoms with Gasteiger partial charge in [-0.3, -0.25) is 9.59 Å². The van der Waals surface area contributed by atoms with E-state index in [0.29, 0.717) is 35.2 Å². The Morgan fingerprint density at radius 2 is 1.77 bits per heavy atom. The summed E-state index contributed by atoms with van der Waals surface area (Å²) in [5.41, 5.74) is 0.536. The van der Waals surface area contributed by atoms with Crippen LogP contribution in [0.15, 0.2) is 42.5 Å². The molecule has 3 rings (SSSR count). The van der Waals surface area contributed by atoms with Gasteiger partial charge in [0.2, 0.25) is 12.7 Å². The number of aliphatic hydroxyl groups excluding tert-OH is 1. The molecule has 8 nitrogen and oxygen atoms in total. The van der Waals surface area contributed by atoms with Gasteiger partial charge in [0.25, 0.3) is 0 Å². The maximum atomic E-state index is 12.2. The first-order valence-corrected chi connectivity index (χ1v) is 10.3. The predicted molar refractivity (Wildman–Crippen MR) is 113 cm³/mol. The summed E-state index contributed by atoms with van der Waals surface area (Å²) in [5.74, 6) is 2.06. The lowest BCUT2D eigenvalue weighted by molar-refractivity contribution is -0.121. The minimum absolute atomic E-state index is 0.00526. The summed E-state index contributed by atoms with van der Waals surface area (Å²) in [7, 11) is 0. The SMILES string of the molecule is CCCOc1ccc(C(=O)CCC(=O)NCC(O)COc2ccc3c(c2)OCO3)cc1. The summed E-state index contributed by atoms with van der Waals surface area (Å²) in [5, 5.41) is 12.6. The highest BCUT2D eigenvalue weighted by Gasteiger charge is 2.15. The number of hydrogen-bond acceptors (Lipinski definition) is 7. The number of amides is 1. The lowest BCUT2D eigenvalue weighted by Gasteiger charge is -2.13. The van der Waals surface area contributed by atoms with Crippen molar-refractivity contribution >= 4 is 11.7 Å². The van der Waals surface area contributed by atoms with Crippen molar-refractivity contribution in [2.24, 2.45) is 0 Å². The number of ketones is 1. The van der Waals surface area contributed by atoms with Crippen LogP contribution >= 0.6 is 0 Å². The van der Waals surface area contributed by atoms with Crippen molar-refractivity contribution in [1.29, 1.82) is 0 Å². The summed E-state index contributed by atoms with van der Waals surface area (Å²) in [6, 6.07) is 12.0. The lowest BCUT2D eigenvalue weighted by Crippen LogP contribution is -2.35. The maximum Gasteiger partial charge on any atom is 0.231 e. The van der Waals surface area contributed by atoms with Crippen molar-refractivity contribution in [2.75, 3.05) is 26.6 Å². The highest BCUT2D eigenvalue weighted by molar-refractivity contribution is 5.98. The van der Waals surface area contributed by atoms with E-state index in [1.807, 2.05) is 6.92 Å². The molecule has 1 aliphatic heterocycles. The average Bonchev–Trinajstić information content (AvgIpc) is 3.26. The van der Waals surface area contributed by atoms with Gasteiger partial charge in [-0.25, -0.2) is 0 Å². The van der Waals surface area contributed by atoms with Gasteiger partial charge < -0.3 is 29.4 Å². The maximum absolute atomic E-state index is 12.2. The van der Waals surface area contributed by atoms with Crippen molar-refractivity contribution in [3.8, 4) is 23.0 Å². The van der Waals surface area contributed by atoms with Crippen LogP contribution in [-0.2, 0) is 4.79 Å². The Bertz CT molecular complexity index is 882. The summed E-state index contributed by atoms with van der Waals surface area (Å²) in [6.07, 6.45) is 0.156. The van der Waals surface area contributed by atoms with E-state index in [1.165, 1.54) is 0 Å². The van der Waals surface area contributed by atoms with Crippen molar-refractivity contribution in [3.05, 3.63) is 48.0 Å². The number of carbonyl (C=O) groups is 2. The number of rotatable bonds is 12. The number of carbonyl (C=O) groups excluding carboxylic acids is 2. The first-order chi connectivity index (χ1) is 15.0. The molecule has 1 aliphatic rings. The number of aliphatic hydroxyl groups is 1. The first kappa shape index (κ1) is 22.4. The van der Waals surface area contributed by atoms with Gasteiger partial charge >= 0.3 is 0 Å². The zero-order valence-electron chi connectivity index (χ0n) is 17.5. The number of benzene rings is 2. The van der Waals surface area contributed by atoms with E-state index in [2.05, 4.69) is 5.32 Å². The highest BCUT2D eigenvalue weighted by atomic mass is 16.7. The molecule has 0 aliphatic carbocycles. The van der Waals surface area contributed by atoms with Gasteiger partial charge in [-0.05, 0) is 42.8 Å². The molecular formula is C23H27NO7. The third-order valence-corrected chi connectivity index (χ3v) is 4.55. The molecule has 1 amide bonds. The largest absolute Gasteiger partial charge is 0.494 e.